The second-order valence-corrected chi connectivity index (χ2v) is 9.44. The highest BCUT2D eigenvalue weighted by Gasteiger charge is 2.31. The zero-order valence-corrected chi connectivity index (χ0v) is 17.1. The molecule has 3 aromatic rings. The molecular weight excluding hydrogens is 404 g/mol. The van der Waals surface area contributed by atoms with Gasteiger partial charge in [0.25, 0.3) is 0 Å². The van der Waals surface area contributed by atoms with Gasteiger partial charge in [0.15, 0.2) is 10.9 Å². The molecule has 0 aliphatic carbocycles. The number of rotatable bonds is 6. The fourth-order valence-corrected chi connectivity index (χ4v) is 4.85. The van der Waals surface area contributed by atoms with Gasteiger partial charge in [0, 0.05) is 10.6 Å². The van der Waals surface area contributed by atoms with Crippen LogP contribution in [0.1, 0.15) is 28.4 Å². The van der Waals surface area contributed by atoms with Gasteiger partial charge >= 0.3 is 0 Å². The van der Waals surface area contributed by atoms with Crippen LogP contribution in [0.4, 0.5) is 0 Å². The van der Waals surface area contributed by atoms with Crippen molar-refractivity contribution in [3.05, 3.63) is 76.5 Å². The van der Waals surface area contributed by atoms with Crippen molar-refractivity contribution in [1.82, 2.24) is 0 Å². The van der Waals surface area contributed by atoms with Crippen molar-refractivity contribution in [1.29, 1.82) is 0 Å². The van der Waals surface area contributed by atoms with E-state index in [1.165, 1.54) is 23.9 Å². The number of aryl methyl sites for hydroxylation is 1. The molecule has 4 nitrogen and oxygen atoms in total. The maximum Gasteiger partial charge on any atom is 0.210 e. The van der Waals surface area contributed by atoms with Gasteiger partial charge in [-0.15, -0.1) is 0 Å². The van der Waals surface area contributed by atoms with Crippen molar-refractivity contribution in [3.63, 3.8) is 0 Å². The first-order valence-electron chi connectivity index (χ1n) is 8.21. The summed E-state index contributed by atoms with van der Waals surface area (Å²) in [7, 11) is -3.90. The van der Waals surface area contributed by atoms with E-state index in [4.69, 9.17) is 16.0 Å². The lowest BCUT2D eigenvalue weighted by molar-refractivity contribution is 0.103. The number of hydrogen-bond donors (Lipinski definition) is 0. The van der Waals surface area contributed by atoms with E-state index >= 15 is 0 Å². The molecule has 0 saturated carbocycles. The molecule has 3 rings (SSSR count). The number of halogens is 1. The average molecular weight is 421 g/mol. The van der Waals surface area contributed by atoms with Gasteiger partial charge in [0.1, 0.15) is 11.2 Å². The number of ketones is 1. The standard InChI is InChI=1S/C20H17ClO4S2/c1-3-26-20-18(19(22)14-6-8-15(21)9-7-14)17(12-25-20)27(23,24)16-10-4-13(2)5-11-16/h4-12H,3H2,1-2H3. The maximum absolute atomic E-state index is 13.1. The molecule has 27 heavy (non-hydrogen) atoms. The van der Waals surface area contributed by atoms with Gasteiger partial charge < -0.3 is 4.42 Å². The lowest BCUT2D eigenvalue weighted by atomic mass is 10.1. The second-order valence-electron chi connectivity index (χ2n) is 5.85. The summed E-state index contributed by atoms with van der Waals surface area (Å²) < 4.78 is 31.7. The van der Waals surface area contributed by atoms with E-state index in [0.717, 1.165) is 11.8 Å². The first-order chi connectivity index (χ1) is 12.8. The SMILES string of the molecule is CCSc1occ(S(=O)(=O)c2ccc(C)cc2)c1C(=O)c1ccc(Cl)cc1. The van der Waals surface area contributed by atoms with Crippen LogP contribution >= 0.6 is 23.4 Å². The molecule has 0 amide bonds. The number of hydrogen-bond acceptors (Lipinski definition) is 5. The molecule has 1 heterocycles. The van der Waals surface area contributed by atoms with Crippen LogP contribution in [0.3, 0.4) is 0 Å². The minimum absolute atomic E-state index is 0.0600. The summed E-state index contributed by atoms with van der Waals surface area (Å²) in [6, 6.07) is 12.8. The third-order valence-corrected chi connectivity index (χ3v) is 6.83. The van der Waals surface area contributed by atoms with E-state index < -0.39 is 15.6 Å². The molecule has 0 aliphatic heterocycles. The summed E-state index contributed by atoms with van der Waals surface area (Å²) in [6.45, 7) is 3.78. The van der Waals surface area contributed by atoms with Crippen molar-refractivity contribution in [3.8, 4) is 0 Å². The Morgan fingerprint density at radius 2 is 1.70 bits per heavy atom. The Kier molecular flexibility index (Phi) is 5.79. The van der Waals surface area contributed by atoms with Gasteiger partial charge in [0.2, 0.25) is 9.84 Å². The minimum atomic E-state index is -3.90. The number of thioether (sulfide) groups is 1. The number of benzene rings is 2. The van der Waals surface area contributed by atoms with Gasteiger partial charge in [-0.1, -0.05) is 48.0 Å². The fraction of sp³-hybridized carbons (Fsp3) is 0.150. The Bertz CT molecular complexity index is 1070. The fourth-order valence-electron chi connectivity index (χ4n) is 2.56. The van der Waals surface area contributed by atoms with E-state index in [1.807, 2.05) is 13.8 Å². The van der Waals surface area contributed by atoms with Crippen LogP contribution in [-0.4, -0.2) is 20.0 Å². The van der Waals surface area contributed by atoms with E-state index in [9.17, 15) is 13.2 Å². The van der Waals surface area contributed by atoms with Gasteiger partial charge in [-0.05, 0) is 49.1 Å². The Labute approximate surface area is 167 Å². The molecular formula is C20H17ClO4S2. The van der Waals surface area contributed by atoms with Crippen LogP contribution in [-0.2, 0) is 9.84 Å². The molecule has 2 aromatic carbocycles. The predicted octanol–water partition coefficient (Wildman–Crippen LogP) is 5.42. The molecule has 0 radical (unpaired) electrons. The number of sulfone groups is 1. The largest absolute Gasteiger partial charge is 0.456 e. The molecule has 0 saturated heterocycles. The van der Waals surface area contributed by atoms with Crippen molar-refractivity contribution in [2.45, 2.75) is 28.7 Å². The highest BCUT2D eigenvalue weighted by molar-refractivity contribution is 7.99. The molecule has 0 unspecified atom stereocenters. The Morgan fingerprint density at radius 1 is 1.07 bits per heavy atom. The third kappa shape index (κ3) is 3.98. The van der Waals surface area contributed by atoms with E-state index in [0.29, 0.717) is 21.4 Å². The van der Waals surface area contributed by atoms with Crippen molar-refractivity contribution < 1.29 is 17.6 Å². The van der Waals surface area contributed by atoms with Crippen LogP contribution in [0, 0.1) is 6.92 Å². The minimum Gasteiger partial charge on any atom is -0.456 e. The Morgan fingerprint density at radius 3 is 2.30 bits per heavy atom. The quantitative estimate of drug-likeness (QED) is 0.393. The van der Waals surface area contributed by atoms with Gasteiger partial charge in [-0.25, -0.2) is 8.42 Å². The summed E-state index contributed by atoms with van der Waals surface area (Å²) in [5.74, 6) is 0.223. The highest BCUT2D eigenvalue weighted by Crippen LogP contribution is 2.35. The summed E-state index contributed by atoms with van der Waals surface area (Å²) in [4.78, 5) is 13.1. The Hall–Kier alpha value is -2.02. The van der Waals surface area contributed by atoms with Gasteiger partial charge in [0.05, 0.1) is 10.5 Å². The van der Waals surface area contributed by atoms with Crippen molar-refractivity contribution in [2.75, 3.05) is 5.75 Å². The van der Waals surface area contributed by atoms with E-state index in [2.05, 4.69) is 0 Å². The molecule has 1 aromatic heterocycles. The number of carbonyl (C=O) groups is 1. The molecule has 0 N–H and O–H groups in total. The summed E-state index contributed by atoms with van der Waals surface area (Å²) in [6.07, 6.45) is 1.15. The van der Waals surface area contributed by atoms with Crippen molar-refractivity contribution >= 4 is 39.0 Å². The highest BCUT2D eigenvalue weighted by atomic mass is 35.5. The van der Waals surface area contributed by atoms with Crippen LogP contribution in [0.25, 0.3) is 0 Å². The lowest BCUT2D eigenvalue weighted by Gasteiger charge is -2.07. The molecule has 0 bridgehead atoms. The van der Waals surface area contributed by atoms with Crippen LogP contribution in [0.5, 0.6) is 0 Å². The topological polar surface area (TPSA) is 64.3 Å². The second kappa shape index (κ2) is 7.92. The monoisotopic (exact) mass is 420 g/mol. The number of furan rings is 1. The van der Waals surface area contributed by atoms with E-state index in [1.54, 1.807) is 36.4 Å². The van der Waals surface area contributed by atoms with Gasteiger partial charge in [-0.3, -0.25) is 4.79 Å². The third-order valence-electron chi connectivity index (χ3n) is 3.95. The molecule has 0 aliphatic rings. The van der Waals surface area contributed by atoms with Crippen molar-refractivity contribution in [2.24, 2.45) is 0 Å². The Balaban J connectivity index is 2.15. The number of carbonyl (C=O) groups excluding carboxylic acids is 1. The lowest BCUT2D eigenvalue weighted by Crippen LogP contribution is -2.10. The zero-order valence-electron chi connectivity index (χ0n) is 14.7. The first-order valence-corrected chi connectivity index (χ1v) is 11.1. The van der Waals surface area contributed by atoms with Gasteiger partial charge in [-0.2, -0.15) is 0 Å². The average Bonchev–Trinajstić information content (AvgIpc) is 3.07. The molecule has 0 spiro atoms. The molecule has 0 fully saturated rings. The molecule has 140 valence electrons. The summed E-state index contributed by atoms with van der Waals surface area (Å²) in [5.41, 5.74) is 1.35. The zero-order chi connectivity index (χ0) is 19.6. The van der Waals surface area contributed by atoms with Crippen LogP contribution < -0.4 is 0 Å². The predicted molar refractivity (Wildman–Crippen MR) is 107 cm³/mol. The molecule has 7 heteroatoms. The van der Waals surface area contributed by atoms with Crippen LogP contribution in [0.2, 0.25) is 5.02 Å². The maximum atomic E-state index is 13.1. The first kappa shape index (κ1) is 19.7. The van der Waals surface area contributed by atoms with Crippen LogP contribution in [0.15, 0.2) is 74.1 Å². The normalized spacial score (nSPS) is 11.5. The summed E-state index contributed by atoms with van der Waals surface area (Å²) in [5, 5.41) is 0.789. The van der Waals surface area contributed by atoms with E-state index in [-0.39, 0.29) is 15.4 Å². The molecule has 0 atom stereocenters. The smallest absolute Gasteiger partial charge is 0.210 e. The summed E-state index contributed by atoms with van der Waals surface area (Å²) >= 11 is 7.17.